The maximum atomic E-state index is 12.3. The monoisotopic (exact) mass is 308 g/mol. The van der Waals surface area contributed by atoms with Crippen LogP contribution in [0.15, 0.2) is 23.1 Å². The summed E-state index contributed by atoms with van der Waals surface area (Å²) in [5.41, 5.74) is 6.41. The summed E-state index contributed by atoms with van der Waals surface area (Å²) in [5.74, 6) is 1.35. The molecule has 1 amide bonds. The van der Waals surface area contributed by atoms with Gasteiger partial charge in [-0.05, 0) is 25.0 Å². The molecule has 1 aromatic carbocycles. The zero-order valence-electron chi connectivity index (χ0n) is 12.8. The second-order valence-electron chi connectivity index (χ2n) is 5.50. The lowest BCUT2D eigenvalue weighted by atomic mass is 9.94. The first-order valence-electron chi connectivity index (χ1n) is 7.44. The van der Waals surface area contributed by atoms with Crippen LogP contribution in [0.5, 0.6) is 5.75 Å². The van der Waals surface area contributed by atoms with Crippen LogP contribution in [-0.2, 0) is 4.79 Å². The molecule has 1 saturated carbocycles. The molecule has 0 spiro atoms. The number of amides is 1. The fraction of sp³-hybridized carbons (Fsp3) is 0.562. The van der Waals surface area contributed by atoms with Crippen molar-refractivity contribution < 1.29 is 9.53 Å². The number of hydrogen-bond acceptors (Lipinski definition) is 4. The van der Waals surface area contributed by atoms with Crippen LogP contribution in [-0.4, -0.2) is 36.8 Å². The van der Waals surface area contributed by atoms with Gasteiger partial charge in [-0.1, -0.05) is 19.3 Å². The minimum absolute atomic E-state index is 0.186. The van der Waals surface area contributed by atoms with Gasteiger partial charge in [0.05, 0.1) is 12.9 Å². The van der Waals surface area contributed by atoms with Crippen molar-refractivity contribution in [2.75, 3.05) is 25.6 Å². The number of thioether (sulfide) groups is 1. The second kappa shape index (κ2) is 7.59. The summed E-state index contributed by atoms with van der Waals surface area (Å²) in [7, 11) is 3.55. The summed E-state index contributed by atoms with van der Waals surface area (Å²) in [5, 5.41) is 0. The molecule has 5 heteroatoms. The number of carbonyl (C=O) groups is 1. The number of rotatable bonds is 5. The molecule has 0 aromatic heterocycles. The third-order valence-electron chi connectivity index (χ3n) is 4.05. The van der Waals surface area contributed by atoms with Crippen molar-refractivity contribution in [1.29, 1.82) is 0 Å². The molecule has 2 rings (SSSR count). The van der Waals surface area contributed by atoms with Gasteiger partial charge in [0.25, 0.3) is 0 Å². The lowest BCUT2D eigenvalue weighted by Crippen LogP contribution is -2.39. The predicted molar refractivity (Wildman–Crippen MR) is 87.8 cm³/mol. The topological polar surface area (TPSA) is 55.6 Å². The van der Waals surface area contributed by atoms with Gasteiger partial charge in [-0.15, -0.1) is 11.8 Å². The molecule has 0 saturated heterocycles. The third-order valence-corrected chi connectivity index (χ3v) is 5.09. The third kappa shape index (κ3) is 4.30. The molecule has 0 unspecified atom stereocenters. The highest BCUT2D eigenvalue weighted by Gasteiger charge is 2.22. The van der Waals surface area contributed by atoms with Crippen LogP contribution in [0.2, 0.25) is 0 Å². The quantitative estimate of drug-likeness (QED) is 0.670. The number of benzene rings is 1. The SMILES string of the molecule is COc1cc(N)ccc1SCC(=O)N(C)C1CCCCC1. The number of carbonyl (C=O) groups excluding carboxylic acids is 1. The Morgan fingerprint density at radius 3 is 2.76 bits per heavy atom. The van der Waals surface area contributed by atoms with Crippen molar-refractivity contribution in [2.45, 2.75) is 43.0 Å². The van der Waals surface area contributed by atoms with Crippen molar-refractivity contribution in [3.8, 4) is 5.75 Å². The van der Waals surface area contributed by atoms with Crippen LogP contribution >= 0.6 is 11.8 Å². The number of hydrogen-bond donors (Lipinski definition) is 1. The summed E-state index contributed by atoms with van der Waals surface area (Å²) < 4.78 is 5.31. The van der Waals surface area contributed by atoms with E-state index in [9.17, 15) is 4.79 Å². The maximum Gasteiger partial charge on any atom is 0.232 e. The average molecular weight is 308 g/mol. The Morgan fingerprint density at radius 2 is 2.10 bits per heavy atom. The van der Waals surface area contributed by atoms with E-state index in [1.54, 1.807) is 13.2 Å². The van der Waals surface area contributed by atoms with E-state index < -0.39 is 0 Å². The summed E-state index contributed by atoms with van der Waals surface area (Å²) in [4.78, 5) is 15.2. The number of methoxy groups -OCH3 is 1. The zero-order chi connectivity index (χ0) is 15.2. The highest BCUT2D eigenvalue weighted by atomic mass is 32.2. The Bertz CT molecular complexity index is 487. The number of anilines is 1. The maximum absolute atomic E-state index is 12.3. The molecular weight excluding hydrogens is 284 g/mol. The van der Waals surface area contributed by atoms with Gasteiger partial charge in [-0.25, -0.2) is 0 Å². The summed E-state index contributed by atoms with van der Waals surface area (Å²) in [6, 6.07) is 5.95. The van der Waals surface area contributed by atoms with E-state index in [2.05, 4.69) is 0 Å². The van der Waals surface area contributed by atoms with Crippen LogP contribution in [0.4, 0.5) is 5.69 Å². The molecule has 0 aliphatic heterocycles. The summed E-state index contributed by atoms with van der Waals surface area (Å²) in [6.45, 7) is 0. The number of nitrogen functional groups attached to an aromatic ring is 1. The fourth-order valence-electron chi connectivity index (χ4n) is 2.72. The van der Waals surface area contributed by atoms with Crippen molar-refractivity contribution in [1.82, 2.24) is 4.90 Å². The molecule has 1 aliphatic carbocycles. The minimum Gasteiger partial charge on any atom is -0.496 e. The van der Waals surface area contributed by atoms with Crippen molar-refractivity contribution in [2.24, 2.45) is 0 Å². The van der Waals surface area contributed by atoms with Crippen LogP contribution < -0.4 is 10.5 Å². The molecule has 21 heavy (non-hydrogen) atoms. The molecule has 1 aromatic rings. The first-order chi connectivity index (χ1) is 10.1. The number of nitrogens with two attached hydrogens (primary N) is 1. The van der Waals surface area contributed by atoms with Crippen molar-refractivity contribution in [3.05, 3.63) is 18.2 Å². The van der Waals surface area contributed by atoms with Crippen LogP contribution in [0.3, 0.4) is 0 Å². The second-order valence-corrected chi connectivity index (χ2v) is 6.51. The van der Waals surface area contributed by atoms with Gasteiger partial charge >= 0.3 is 0 Å². The lowest BCUT2D eigenvalue weighted by molar-refractivity contribution is -0.129. The van der Waals surface area contributed by atoms with Crippen LogP contribution in [0.1, 0.15) is 32.1 Å². The Labute approximate surface area is 131 Å². The van der Waals surface area contributed by atoms with Gasteiger partial charge in [0.1, 0.15) is 5.75 Å². The summed E-state index contributed by atoms with van der Waals surface area (Å²) >= 11 is 1.51. The van der Waals surface area contributed by atoms with E-state index in [0.29, 0.717) is 17.5 Å². The van der Waals surface area contributed by atoms with Crippen LogP contribution in [0, 0.1) is 0 Å². The molecule has 2 N–H and O–H groups in total. The van der Waals surface area contributed by atoms with E-state index in [4.69, 9.17) is 10.5 Å². The summed E-state index contributed by atoms with van der Waals surface area (Å²) in [6.07, 6.45) is 6.05. The largest absolute Gasteiger partial charge is 0.496 e. The molecule has 116 valence electrons. The van der Waals surface area contributed by atoms with Crippen LogP contribution in [0.25, 0.3) is 0 Å². The standard InChI is InChI=1S/C16H24N2O2S/c1-18(13-6-4-3-5-7-13)16(19)11-21-15-9-8-12(17)10-14(15)20-2/h8-10,13H,3-7,11,17H2,1-2H3. The van der Waals surface area contributed by atoms with E-state index in [1.807, 2.05) is 24.1 Å². The molecule has 0 bridgehead atoms. The van der Waals surface area contributed by atoms with E-state index in [1.165, 1.54) is 31.0 Å². The van der Waals surface area contributed by atoms with Gasteiger partial charge < -0.3 is 15.4 Å². The van der Waals surface area contributed by atoms with Gasteiger partial charge in [0.15, 0.2) is 0 Å². The predicted octanol–water partition coefficient (Wildman–Crippen LogP) is 3.16. The molecule has 4 nitrogen and oxygen atoms in total. The average Bonchev–Trinajstić information content (AvgIpc) is 2.53. The normalized spacial score (nSPS) is 15.7. The molecule has 1 fully saturated rings. The van der Waals surface area contributed by atoms with E-state index in [-0.39, 0.29) is 5.91 Å². The van der Waals surface area contributed by atoms with Gasteiger partial charge in [-0.2, -0.15) is 0 Å². The van der Waals surface area contributed by atoms with E-state index in [0.717, 1.165) is 23.5 Å². The number of ether oxygens (including phenoxy) is 1. The minimum atomic E-state index is 0.186. The smallest absolute Gasteiger partial charge is 0.232 e. The lowest BCUT2D eigenvalue weighted by Gasteiger charge is -2.31. The first kappa shape index (κ1) is 16.0. The zero-order valence-corrected chi connectivity index (χ0v) is 13.6. The molecular formula is C16H24N2O2S. The van der Waals surface area contributed by atoms with E-state index >= 15 is 0 Å². The Morgan fingerprint density at radius 1 is 1.38 bits per heavy atom. The number of nitrogens with zero attached hydrogens (tertiary/aromatic N) is 1. The first-order valence-corrected chi connectivity index (χ1v) is 8.42. The highest BCUT2D eigenvalue weighted by Crippen LogP contribution is 2.31. The van der Waals surface area contributed by atoms with Crippen molar-refractivity contribution in [3.63, 3.8) is 0 Å². The van der Waals surface area contributed by atoms with Gasteiger partial charge in [0.2, 0.25) is 5.91 Å². The fourth-order valence-corrected chi connectivity index (χ4v) is 3.65. The Kier molecular flexibility index (Phi) is 5.79. The van der Waals surface area contributed by atoms with Gasteiger partial charge in [-0.3, -0.25) is 4.79 Å². The molecule has 0 radical (unpaired) electrons. The van der Waals surface area contributed by atoms with Gasteiger partial charge in [0, 0.05) is 29.7 Å². The highest BCUT2D eigenvalue weighted by molar-refractivity contribution is 8.00. The molecule has 1 aliphatic rings. The molecule has 0 atom stereocenters. The van der Waals surface area contributed by atoms with Crippen molar-refractivity contribution >= 4 is 23.4 Å². The Hall–Kier alpha value is -1.36. The molecule has 0 heterocycles. The Balaban J connectivity index is 1.91.